The van der Waals surface area contributed by atoms with Gasteiger partial charge in [-0.1, -0.05) is 34.1 Å². The first kappa shape index (κ1) is 17.7. The number of nitrogens with one attached hydrogen (secondary N) is 1. The minimum absolute atomic E-state index is 0.300. The first-order chi connectivity index (χ1) is 12.6. The van der Waals surface area contributed by atoms with Crippen LogP contribution in [-0.4, -0.2) is 43.5 Å². The highest BCUT2D eigenvalue weighted by atomic mass is 79.9. The lowest BCUT2D eigenvalue weighted by atomic mass is 10.1. The number of rotatable bonds is 4. The average Bonchev–Trinajstić information content (AvgIpc) is 3.02. The molecule has 1 fully saturated rings. The molecule has 1 N–H and O–H groups in total. The number of benzene rings is 2. The lowest BCUT2D eigenvalue weighted by molar-refractivity contribution is 0.234. The van der Waals surface area contributed by atoms with Crippen molar-refractivity contribution in [2.45, 2.75) is 11.4 Å². The van der Waals surface area contributed by atoms with E-state index in [0.717, 1.165) is 48.1 Å². The van der Waals surface area contributed by atoms with E-state index >= 15 is 0 Å². The fourth-order valence-electron chi connectivity index (χ4n) is 3.38. The molecule has 1 aliphatic rings. The molecule has 0 radical (unpaired) electrons. The molecule has 3 aromatic rings. The predicted molar refractivity (Wildman–Crippen MR) is 107 cm³/mol. The predicted octanol–water partition coefficient (Wildman–Crippen LogP) is 3.05. The van der Waals surface area contributed by atoms with Gasteiger partial charge in [0.05, 0.1) is 10.4 Å². The van der Waals surface area contributed by atoms with Gasteiger partial charge in [0.15, 0.2) is 0 Å². The summed E-state index contributed by atoms with van der Waals surface area (Å²) in [4.78, 5) is 2.65. The quantitative estimate of drug-likeness (QED) is 0.686. The Labute approximate surface area is 161 Å². The van der Waals surface area contributed by atoms with Crippen molar-refractivity contribution in [3.8, 4) is 0 Å². The number of nitrogens with zero attached hydrogens (tertiary/aromatic N) is 2. The van der Waals surface area contributed by atoms with Crippen LogP contribution in [0.3, 0.4) is 0 Å². The zero-order valence-electron chi connectivity index (χ0n) is 14.2. The maximum atomic E-state index is 13.2. The van der Waals surface area contributed by atoms with Crippen molar-refractivity contribution < 1.29 is 8.42 Å². The standard InChI is InChI=1S/C19H20BrN3O2S/c20-16-6-7-19-18(12-16)15(13-22-10-8-21-9-11-22)14-23(19)26(24,25)17-4-2-1-3-5-17/h1-7,12,14,21H,8-11,13H2. The minimum Gasteiger partial charge on any atom is -0.314 e. The Kier molecular flexibility index (Phi) is 4.88. The van der Waals surface area contributed by atoms with E-state index in [2.05, 4.69) is 26.1 Å². The van der Waals surface area contributed by atoms with Crippen molar-refractivity contribution in [2.75, 3.05) is 26.2 Å². The number of aromatic nitrogens is 1. The van der Waals surface area contributed by atoms with Crippen LogP contribution in [0.25, 0.3) is 10.9 Å². The third-order valence-corrected chi connectivity index (χ3v) is 6.90. The van der Waals surface area contributed by atoms with Gasteiger partial charge in [0.2, 0.25) is 0 Å². The van der Waals surface area contributed by atoms with E-state index < -0.39 is 10.0 Å². The second-order valence-corrected chi connectivity index (χ2v) is 9.19. The lowest BCUT2D eigenvalue weighted by Crippen LogP contribution is -2.42. The molecule has 1 aliphatic heterocycles. The van der Waals surface area contributed by atoms with Crippen molar-refractivity contribution in [3.63, 3.8) is 0 Å². The third-order valence-electron chi connectivity index (χ3n) is 4.72. The van der Waals surface area contributed by atoms with Crippen LogP contribution in [0, 0.1) is 0 Å². The van der Waals surface area contributed by atoms with Crippen LogP contribution in [-0.2, 0) is 16.6 Å². The molecule has 4 rings (SSSR count). The fraction of sp³-hybridized carbons (Fsp3) is 0.263. The minimum atomic E-state index is -3.63. The highest BCUT2D eigenvalue weighted by Crippen LogP contribution is 2.29. The smallest absolute Gasteiger partial charge is 0.268 e. The highest BCUT2D eigenvalue weighted by Gasteiger charge is 2.22. The van der Waals surface area contributed by atoms with E-state index in [1.165, 1.54) is 3.97 Å². The van der Waals surface area contributed by atoms with Gasteiger partial charge in [-0.15, -0.1) is 0 Å². The topological polar surface area (TPSA) is 54.3 Å². The summed E-state index contributed by atoms with van der Waals surface area (Å²) >= 11 is 3.51. The van der Waals surface area contributed by atoms with E-state index in [9.17, 15) is 8.42 Å². The van der Waals surface area contributed by atoms with Gasteiger partial charge < -0.3 is 5.32 Å². The van der Waals surface area contributed by atoms with Gasteiger partial charge in [0, 0.05) is 48.8 Å². The maximum absolute atomic E-state index is 13.2. The molecular formula is C19H20BrN3O2S. The van der Waals surface area contributed by atoms with Gasteiger partial charge in [-0.05, 0) is 35.9 Å². The molecule has 1 saturated heterocycles. The molecule has 136 valence electrons. The molecule has 1 aromatic heterocycles. The lowest BCUT2D eigenvalue weighted by Gasteiger charge is -2.26. The molecule has 7 heteroatoms. The Morgan fingerprint density at radius 3 is 2.50 bits per heavy atom. The van der Waals surface area contributed by atoms with Crippen LogP contribution in [0.4, 0.5) is 0 Å². The number of halogens is 1. The molecule has 0 unspecified atom stereocenters. The Balaban J connectivity index is 1.83. The molecule has 0 spiro atoms. The van der Waals surface area contributed by atoms with Gasteiger partial charge in [-0.3, -0.25) is 4.90 Å². The van der Waals surface area contributed by atoms with Gasteiger partial charge >= 0.3 is 0 Å². The van der Waals surface area contributed by atoms with Gasteiger partial charge in [0.25, 0.3) is 10.0 Å². The second-order valence-electron chi connectivity index (χ2n) is 6.46. The first-order valence-corrected chi connectivity index (χ1v) is 10.8. The Hall–Kier alpha value is -1.67. The van der Waals surface area contributed by atoms with Crippen molar-refractivity contribution in [1.29, 1.82) is 0 Å². The number of hydrogen-bond acceptors (Lipinski definition) is 4. The van der Waals surface area contributed by atoms with Crippen molar-refractivity contribution in [2.24, 2.45) is 0 Å². The van der Waals surface area contributed by atoms with E-state index in [4.69, 9.17) is 0 Å². The first-order valence-electron chi connectivity index (χ1n) is 8.59. The highest BCUT2D eigenvalue weighted by molar-refractivity contribution is 9.10. The van der Waals surface area contributed by atoms with Crippen LogP contribution < -0.4 is 5.32 Å². The Bertz CT molecular complexity index is 1030. The van der Waals surface area contributed by atoms with Gasteiger partial charge in [-0.25, -0.2) is 12.4 Å². The SMILES string of the molecule is O=S(=O)(c1ccccc1)n1cc(CN2CCNCC2)c2cc(Br)ccc21. The number of hydrogen-bond donors (Lipinski definition) is 1. The molecule has 0 amide bonds. The number of fused-ring (bicyclic) bond motifs is 1. The van der Waals surface area contributed by atoms with Crippen LogP contribution in [0.1, 0.15) is 5.56 Å². The fourth-order valence-corrected chi connectivity index (χ4v) is 5.15. The van der Waals surface area contributed by atoms with Crippen LogP contribution in [0.2, 0.25) is 0 Å². The summed E-state index contributed by atoms with van der Waals surface area (Å²) in [7, 11) is -3.63. The average molecular weight is 434 g/mol. The zero-order valence-corrected chi connectivity index (χ0v) is 16.6. The number of piperazine rings is 1. The summed E-state index contributed by atoms with van der Waals surface area (Å²) in [6.07, 6.45) is 1.78. The van der Waals surface area contributed by atoms with Gasteiger partial charge in [-0.2, -0.15) is 0 Å². The van der Waals surface area contributed by atoms with E-state index in [-0.39, 0.29) is 0 Å². The van der Waals surface area contributed by atoms with Crippen molar-refractivity contribution in [3.05, 3.63) is 64.8 Å². The summed E-state index contributed by atoms with van der Waals surface area (Å²) < 4.78 is 28.7. The summed E-state index contributed by atoms with van der Waals surface area (Å²) in [6, 6.07) is 14.3. The molecule has 0 bridgehead atoms. The van der Waals surface area contributed by atoms with Crippen LogP contribution in [0.15, 0.2) is 64.1 Å². The third kappa shape index (κ3) is 3.32. The van der Waals surface area contributed by atoms with Crippen molar-refractivity contribution in [1.82, 2.24) is 14.2 Å². The van der Waals surface area contributed by atoms with Gasteiger partial charge in [0.1, 0.15) is 0 Å². The normalized spacial score (nSPS) is 16.2. The van der Waals surface area contributed by atoms with E-state index in [1.54, 1.807) is 30.5 Å². The Morgan fingerprint density at radius 1 is 1.04 bits per heavy atom. The van der Waals surface area contributed by atoms with Crippen molar-refractivity contribution >= 4 is 36.9 Å². The maximum Gasteiger partial charge on any atom is 0.268 e. The van der Waals surface area contributed by atoms with E-state index in [0.29, 0.717) is 10.4 Å². The van der Waals surface area contributed by atoms with Crippen LogP contribution in [0.5, 0.6) is 0 Å². The second kappa shape index (κ2) is 7.15. The summed E-state index contributed by atoms with van der Waals surface area (Å²) in [5.41, 5.74) is 1.74. The van der Waals surface area contributed by atoms with E-state index in [1.807, 2.05) is 24.3 Å². The molecular weight excluding hydrogens is 414 g/mol. The molecule has 0 atom stereocenters. The molecule has 26 heavy (non-hydrogen) atoms. The Morgan fingerprint density at radius 2 is 1.77 bits per heavy atom. The molecule has 2 aromatic carbocycles. The zero-order chi connectivity index (χ0) is 18.1. The summed E-state index contributed by atoms with van der Waals surface area (Å²) in [5, 5.41) is 4.32. The molecule has 0 aliphatic carbocycles. The molecule has 5 nitrogen and oxygen atoms in total. The largest absolute Gasteiger partial charge is 0.314 e. The van der Waals surface area contributed by atoms with Crippen LogP contribution >= 0.6 is 15.9 Å². The molecule has 0 saturated carbocycles. The monoisotopic (exact) mass is 433 g/mol. The summed E-state index contributed by atoms with van der Waals surface area (Å²) in [6.45, 7) is 4.60. The summed E-state index contributed by atoms with van der Waals surface area (Å²) in [5.74, 6) is 0. The molecule has 2 heterocycles.